The second kappa shape index (κ2) is 5.35. The van der Waals surface area contributed by atoms with Gasteiger partial charge in [-0.2, -0.15) is 5.10 Å². The Morgan fingerprint density at radius 3 is 2.95 bits per heavy atom. The Kier molecular flexibility index (Phi) is 3.53. The number of aryl methyl sites for hydroxylation is 2. The molecule has 2 aromatic heterocycles. The van der Waals surface area contributed by atoms with Crippen LogP contribution in [0, 0.1) is 13.8 Å². The number of aromatic nitrogens is 3. The maximum Gasteiger partial charge on any atom is 0.223 e. The van der Waals surface area contributed by atoms with E-state index in [1.165, 1.54) is 5.56 Å². The van der Waals surface area contributed by atoms with Crippen LogP contribution < -0.4 is 0 Å². The van der Waals surface area contributed by atoms with Gasteiger partial charge in [-0.1, -0.05) is 5.16 Å². The van der Waals surface area contributed by atoms with E-state index in [-0.39, 0.29) is 5.91 Å². The quantitative estimate of drug-likeness (QED) is 0.859. The number of carbonyl (C=O) groups excluding carboxylic acids is 1. The van der Waals surface area contributed by atoms with Gasteiger partial charge in [-0.05, 0) is 25.8 Å². The van der Waals surface area contributed by atoms with E-state index in [0.29, 0.717) is 13.0 Å². The molecule has 6 heteroatoms. The van der Waals surface area contributed by atoms with E-state index < -0.39 is 0 Å². The summed E-state index contributed by atoms with van der Waals surface area (Å²) in [6.07, 6.45) is 3.69. The molecule has 21 heavy (non-hydrogen) atoms. The summed E-state index contributed by atoms with van der Waals surface area (Å²) in [5, 5.41) is 8.34. The number of hydrogen-bond acceptors (Lipinski definition) is 4. The van der Waals surface area contributed by atoms with E-state index in [1.54, 1.807) is 6.26 Å². The molecule has 0 aromatic carbocycles. The van der Waals surface area contributed by atoms with Gasteiger partial charge in [0.25, 0.3) is 0 Å². The van der Waals surface area contributed by atoms with E-state index >= 15 is 0 Å². The number of carbonyl (C=O) groups is 1. The summed E-state index contributed by atoms with van der Waals surface area (Å²) in [7, 11) is 1.94. The minimum absolute atomic E-state index is 0.185. The smallest absolute Gasteiger partial charge is 0.223 e. The zero-order valence-corrected chi connectivity index (χ0v) is 12.7. The molecule has 0 aliphatic carbocycles. The Balaban J connectivity index is 1.62. The molecule has 3 heterocycles. The van der Waals surface area contributed by atoms with Crippen molar-refractivity contribution in [2.24, 2.45) is 7.05 Å². The number of hydrogen-bond donors (Lipinski definition) is 0. The van der Waals surface area contributed by atoms with Gasteiger partial charge < -0.3 is 9.42 Å². The van der Waals surface area contributed by atoms with E-state index in [9.17, 15) is 4.79 Å². The normalized spacial score (nSPS) is 14.3. The van der Waals surface area contributed by atoms with Crippen molar-refractivity contribution in [3.05, 3.63) is 34.5 Å². The van der Waals surface area contributed by atoms with Crippen LogP contribution in [-0.2, 0) is 31.2 Å². The van der Waals surface area contributed by atoms with Gasteiger partial charge >= 0.3 is 0 Å². The third-order valence-corrected chi connectivity index (χ3v) is 4.31. The highest BCUT2D eigenvalue weighted by Gasteiger charge is 2.23. The summed E-state index contributed by atoms with van der Waals surface area (Å²) in [4.78, 5) is 14.3. The molecule has 3 rings (SSSR count). The number of fused-ring (bicyclic) bond motifs is 1. The largest absolute Gasteiger partial charge is 0.364 e. The highest BCUT2D eigenvalue weighted by atomic mass is 16.5. The topological polar surface area (TPSA) is 64.2 Å². The Hall–Kier alpha value is -2.11. The van der Waals surface area contributed by atoms with Crippen molar-refractivity contribution in [2.75, 3.05) is 6.54 Å². The molecule has 0 atom stereocenters. The summed E-state index contributed by atoms with van der Waals surface area (Å²) in [6, 6.07) is 0. The Morgan fingerprint density at radius 2 is 2.24 bits per heavy atom. The van der Waals surface area contributed by atoms with Crippen molar-refractivity contribution in [1.82, 2.24) is 19.8 Å². The lowest BCUT2D eigenvalue weighted by Crippen LogP contribution is -2.35. The van der Waals surface area contributed by atoms with Crippen LogP contribution in [0.25, 0.3) is 0 Å². The van der Waals surface area contributed by atoms with Gasteiger partial charge in [-0.15, -0.1) is 0 Å². The number of rotatable bonds is 3. The van der Waals surface area contributed by atoms with Crippen molar-refractivity contribution < 1.29 is 9.32 Å². The summed E-state index contributed by atoms with van der Waals surface area (Å²) < 4.78 is 6.83. The molecule has 1 aliphatic rings. The van der Waals surface area contributed by atoms with Crippen LogP contribution in [0.4, 0.5) is 0 Å². The van der Waals surface area contributed by atoms with E-state index in [2.05, 4.69) is 10.3 Å². The van der Waals surface area contributed by atoms with Gasteiger partial charge in [0.05, 0.1) is 17.9 Å². The number of amides is 1. The summed E-state index contributed by atoms with van der Waals surface area (Å²) in [5.74, 6) is 0.185. The summed E-state index contributed by atoms with van der Waals surface area (Å²) in [5.41, 5.74) is 5.36. The minimum atomic E-state index is 0.185. The Labute approximate surface area is 123 Å². The molecule has 6 nitrogen and oxygen atoms in total. The Bertz CT molecular complexity index is 671. The fourth-order valence-corrected chi connectivity index (χ4v) is 2.92. The molecule has 0 saturated heterocycles. The first-order valence-electron chi connectivity index (χ1n) is 7.25. The van der Waals surface area contributed by atoms with Crippen LogP contribution in [0.1, 0.15) is 34.6 Å². The summed E-state index contributed by atoms with van der Waals surface area (Å²) >= 11 is 0. The first-order chi connectivity index (χ1) is 10.1. The van der Waals surface area contributed by atoms with E-state index in [4.69, 9.17) is 4.52 Å². The second-order valence-corrected chi connectivity index (χ2v) is 5.62. The zero-order chi connectivity index (χ0) is 15.0. The predicted molar refractivity (Wildman–Crippen MR) is 76.6 cm³/mol. The highest BCUT2D eigenvalue weighted by Crippen LogP contribution is 2.19. The highest BCUT2D eigenvalue weighted by molar-refractivity contribution is 5.76. The van der Waals surface area contributed by atoms with Crippen LogP contribution >= 0.6 is 0 Å². The van der Waals surface area contributed by atoms with Gasteiger partial charge in [0.2, 0.25) is 5.91 Å². The standard InChI is InChI=1S/C15H20N4O2/c1-10-13(11(2)18(3)16-10)4-5-15(20)19-7-6-14-12(8-19)9-21-17-14/h9H,4-8H2,1-3H3. The van der Waals surface area contributed by atoms with Crippen molar-refractivity contribution >= 4 is 5.91 Å². The molecule has 0 bridgehead atoms. The molecule has 0 unspecified atom stereocenters. The molecule has 0 fully saturated rings. The van der Waals surface area contributed by atoms with Gasteiger partial charge in [-0.3, -0.25) is 9.48 Å². The van der Waals surface area contributed by atoms with Gasteiger partial charge in [0, 0.05) is 37.7 Å². The summed E-state index contributed by atoms with van der Waals surface area (Å²) in [6.45, 7) is 5.38. The molecule has 1 aliphatic heterocycles. The van der Waals surface area contributed by atoms with Gasteiger partial charge in [0.15, 0.2) is 0 Å². The Morgan fingerprint density at radius 1 is 1.43 bits per heavy atom. The maximum absolute atomic E-state index is 12.4. The third-order valence-electron chi connectivity index (χ3n) is 4.31. The predicted octanol–water partition coefficient (Wildman–Crippen LogP) is 1.54. The maximum atomic E-state index is 12.4. The molecule has 0 N–H and O–H groups in total. The second-order valence-electron chi connectivity index (χ2n) is 5.62. The van der Waals surface area contributed by atoms with Crippen molar-refractivity contribution in [3.63, 3.8) is 0 Å². The van der Waals surface area contributed by atoms with Crippen LogP contribution in [-0.4, -0.2) is 32.3 Å². The fourth-order valence-electron chi connectivity index (χ4n) is 2.92. The zero-order valence-electron chi connectivity index (χ0n) is 12.7. The van der Waals surface area contributed by atoms with Crippen LogP contribution in [0.2, 0.25) is 0 Å². The van der Waals surface area contributed by atoms with Crippen molar-refractivity contribution in [3.8, 4) is 0 Å². The molecular formula is C15H20N4O2. The van der Waals surface area contributed by atoms with Crippen molar-refractivity contribution in [1.29, 1.82) is 0 Å². The molecule has 1 amide bonds. The minimum Gasteiger partial charge on any atom is -0.364 e. The lowest BCUT2D eigenvalue weighted by atomic mass is 10.1. The first-order valence-corrected chi connectivity index (χ1v) is 7.25. The molecule has 0 spiro atoms. The first kappa shape index (κ1) is 13.9. The van der Waals surface area contributed by atoms with Crippen molar-refractivity contribution in [2.45, 2.75) is 39.7 Å². The SMILES string of the molecule is Cc1nn(C)c(C)c1CCC(=O)N1CCc2nocc2C1. The fraction of sp³-hybridized carbons (Fsp3) is 0.533. The lowest BCUT2D eigenvalue weighted by Gasteiger charge is -2.25. The van der Waals surface area contributed by atoms with E-state index in [1.807, 2.05) is 30.5 Å². The van der Waals surface area contributed by atoms with E-state index in [0.717, 1.165) is 42.0 Å². The average Bonchev–Trinajstić information content (AvgIpc) is 3.02. The third kappa shape index (κ3) is 2.57. The monoisotopic (exact) mass is 288 g/mol. The van der Waals surface area contributed by atoms with Crippen LogP contribution in [0.3, 0.4) is 0 Å². The average molecular weight is 288 g/mol. The van der Waals surface area contributed by atoms with Crippen LogP contribution in [0.15, 0.2) is 10.8 Å². The molecule has 0 saturated carbocycles. The van der Waals surface area contributed by atoms with Crippen LogP contribution in [0.5, 0.6) is 0 Å². The van der Waals surface area contributed by atoms with Gasteiger partial charge in [-0.25, -0.2) is 0 Å². The molecule has 0 radical (unpaired) electrons. The lowest BCUT2D eigenvalue weighted by molar-refractivity contribution is -0.132. The van der Waals surface area contributed by atoms with Gasteiger partial charge in [0.1, 0.15) is 6.26 Å². The number of nitrogens with zero attached hydrogens (tertiary/aromatic N) is 4. The molecule has 112 valence electrons. The molecular weight excluding hydrogens is 268 g/mol. The molecule has 2 aromatic rings.